The fraction of sp³-hybridized carbons (Fsp3) is 0.304. The van der Waals surface area contributed by atoms with Gasteiger partial charge in [0.15, 0.2) is 11.5 Å². The molecular formula is C23H26N2O5. The molecule has 3 aromatic rings. The molecule has 0 bridgehead atoms. The molecule has 2 N–H and O–H groups in total. The lowest BCUT2D eigenvalue weighted by atomic mass is 9.85. The third-order valence-electron chi connectivity index (χ3n) is 4.84. The van der Waals surface area contributed by atoms with Gasteiger partial charge in [-0.3, -0.25) is 9.59 Å². The Hall–Kier alpha value is -3.48. The average molecular weight is 410 g/mol. The minimum absolute atomic E-state index is 0.180. The van der Waals surface area contributed by atoms with Crippen LogP contribution in [0.4, 0.5) is 5.69 Å². The van der Waals surface area contributed by atoms with E-state index >= 15 is 0 Å². The Bertz CT molecular complexity index is 1130. The van der Waals surface area contributed by atoms with E-state index in [9.17, 15) is 9.59 Å². The third-order valence-corrected chi connectivity index (χ3v) is 4.84. The summed E-state index contributed by atoms with van der Waals surface area (Å²) < 4.78 is 15.9. The molecule has 1 aromatic heterocycles. The standard InChI is InChI=1S/C23H26N2O5/c1-23(2,3)16-12-20(26)25-17-11-14(7-8-15(16)17)24-22(27)13-9-18(28-4)21(30-6)19(10-13)29-5/h7-12H,1-6H3,(H,24,27)(H,25,26). The van der Waals surface area contributed by atoms with E-state index < -0.39 is 0 Å². The summed E-state index contributed by atoms with van der Waals surface area (Å²) in [7, 11) is 4.48. The Morgan fingerprint density at radius 3 is 2.10 bits per heavy atom. The molecule has 7 nitrogen and oxygen atoms in total. The quantitative estimate of drug-likeness (QED) is 0.661. The van der Waals surface area contributed by atoms with Crippen LogP contribution in [0.2, 0.25) is 0 Å². The number of anilines is 1. The summed E-state index contributed by atoms with van der Waals surface area (Å²) in [5.74, 6) is 0.844. The van der Waals surface area contributed by atoms with Gasteiger partial charge in [-0.15, -0.1) is 0 Å². The highest BCUT2D eigenvalue weighted by molar-refractivity contribution is 6.06. The third kappa shape index (κ3) is 4.10. The molecule has 30 heavy (non-hydrogen) atoms. The van der Waals surface area contributed by atoms with E-state index in [1.54, 1.807) is 24.3 Å². The van der Waals surface area contributed by atoms with Crippen LogP contribution in [0.5, 0.6) is 17.2 Å². The molecule has 0 aliphatic carbocycles. The Balaban J connectivity index is 1.99. The van der Waals surface area contributed by atoms with Gasteiger partial charge in [0.05, 0.1) is 26.8 Å². The normalized spacial score (nSPS) is 11.3. The lowest BCUT2D eigenvalue weighted by molar-refractivity contribution is 0.102. The zero-order chi connectivity index (χ0) is 22.1. The van der Waals surface area contributed by atoms with Gasteiger partial charge in [0.1, 0.15) is 0 Å². The number of amides is 1. The van der Waals surface area contributed by atoms with Crippen molar-refractivity contribution < 1.29 is 19.0 Å². The van der Waals surface area contributed by atoms with Crippen LogP contribution in [0.1, 0.15) is 36.7 Å². The molecule has 0 atom stereocenters. The van der Waals surface area contributed by atoms with Gasteiger partial charge < -0.3 is 24.5 Å². The number of carbonyl (C=O) groups excluding carboxylic acids is 1. The van der Waals surface area contributed by atoms with E-state index in [0.29, 0.717) is 34.0 Å². The maximum absolute atomic E-state index is 12.8. The van der Waals surface area contributed by atoms with Crippen LogP contribution in [0, 0.1) is 0 Å². The molecule has 0 aliphatic rings. The molecule has 158 valence electrons. The van der Waals surface area contributed by atoms with E-state index in [1.165, 1.54) is 21.3 Å². The minimum atomic E-state index is -0.345. The number of nitrogens with one attached hydrogen (secondary N) is 2. The largest absolute Gasteiger partial charge is 0.493 e. The number of carbonyl (C=O) groups is 1. The van der Waals surface area contributed by atoms with Gasteiger partial charge >= 0.3 is 0 Å². The molecular weight excluding hydrogens is 384 g/mol. The number of pyridine rings is 1. The smallest absolute Gasteiger partial charge is 0.255 e. The number of fused-ring (bicyclic) bond motifs is 1. The van der Waals surface area contributed by atoms with E-state index in [4.69, 9.17) is 14.2 Å². The molecule has 3 rings (SSSR count). The van der Waals surface area contributed by atoms with E-state index in [-0.39, 0.29) is 16.9 Å². The first kappa shape index (κ1) is 21.2. The maximum atomic E-state index is 12.8. The number of ether oxygens (including phenoxy) is 3. The highest BCUT2D eigenvalue weighted by Crippen LogP contribution is 2.38. The van der Waals surface area contributed by atoms with Crippen LogP contribution in [-0.2, 0) is 5.41 Å². The Morgan fingerprint density at radius 2 is 1.57 bits per heavy atom. The topological polar surface area (TPSA) is 89.7 Å². The van der Waals surface area contributed by atoms with Gasteiger partial charge in [-0.25, -0.2) is 0 Å². The molecule has 1 amide bonds. The molecule has 0 unspecified atom stereocenters. The van der Waals surface area contributed by atoms with Crippen molar-refractivity contribution in [3.63, 3.8) is 0 Å². The van der Waals surface area contributed by atoms with Gasteiger partial charge in [0, 0.05) is 22.7 Å². The van der Waals surface area contributed by atoms with Crippen LogP contribution in [0.3, 0.4) is 0 Å². The van der Waals surface area contributed by atoms with Crippen molar-refractivity contribution in [2.75, 3.05) is 26.6 Å². The summed E-state index contributed by atoms with van der Waals surface area (Å²) in [5.41, 5.74) is 2.15. The van der Waals surface area contributed by atoms with Crippen LogP contribution < -0.4 is 25.1 Å². The van der Waals surface area contributed by atoms with Crippen LogP contribution in [0.15, 0.2) is 41.2 Å². The molecule has 0 saturated carbocycles. The van der Waals surface area contributed by atoms with Crippen molar-refractivity contribution in [1.29, 1.82) is 0 Å². The second-order valence-corrected chi connectivity index (χ2v) is 7.93. The zero-order valence-corrected chi connectivity index (χ0v) is 18.0. The van der Waals surface area contributed by atoms with Gasteiger partial charge in [-0.05, 0) is 35.2 Å². The first-order valence-electron chi connectivity index (χ1n) is 9.47. The summed E-state index contributed by atoms with van der Waals surface area (Å²) >= 11 is 0. The summed E-state index contributed by atoms with van der Waals surface area (Å²) in [4.78, 5) is 27.8. The van der Waals surface area contributed by atoms with E-state index in [1.807, 2.05) is 12.1 Å². The fourth-order valence-corrected chi connectivity index (χ4v) is 3.37. The van der Waals surface area contributed by atoms with Gasteiger partial charge in [-0.2, -0.15) is 0 Å². The number of rotatable bonds is 5. The minimum Gasteiger partial charge on any atom is -0.493 e. The van der Waals surface area contributed by atoms with Crippen molar-refractivity contribution in [3.05, 3.63) is 57.9 Å². The summed E-state index contributed by atoms with van der Waals surface area (Å²) in [6.07, 6.45) is 0. The van der Waals surface area contributed by atoms with Gasteiger partial charge in [-0.1, -0.05) is 26.8 Å². The van der Waals surface area contributed by atoms with Crippen LogP contribution in [0.25, 0.3) is 10.9 Å². The molecule has 0 aliphatic heterocycles. The number of hydrogen-bond acceptors (Lipinski definition) is 5. The molecule has 0 fully saturated rings. The highest BCUT2D eigenvalue weighted by atomic mass is 16.5. The number of aromatic nitrogens is 1. The van der Waals surface area contributed by atoms with Crippen molar-refractivity contribution in [3.8, 4) is 17.2 Å². The number of H-pyrrole nitrogens is 1. The SMILES string of the molecule is COc1cc(C(=O)Nc2ccc3c(C(C)(C)C)cc(=O)[nH]c3c2)cc(OC)c1OC. The van der Waals surface area contributed by atoms with Gasteiger partial charge in [0.2, 0.25) is 11.3 Å². The predicted molar refractivity (Wildman–Crippen MR) is 117 cm³/mol. The zero-order valence-electron chi connectivity index (χ0n) is 18.0. The summed E-state index contributed by atoms with van der Waals surface area (Å²) in [5, 5.41) is 3.79. The van der Waals surface area contributed by atoms with Crippen LogP contribution >= 0.6 is 0 Å². The summed E-state index contributed by atoms with van der Waals surface area (Å²) in [6, 6.07) is 10.2. The highest BCUT2D eigenvalue weighted by Gasteiger charge is 2.19. The summed E-state index contributed by atoms with van der Waals surface area (Å²) in [6.45, 7) is 6.17. The molecule has 2 aromatic carbocycles. The fourth-order valence-electron chi connectivity index (χ4n) is 3.37. The van der Waals surface area contributed by atoms with Crippen molar-refractivity contribution in [1.82, 2.24) is 4.98 Å². The average Bonchev–Trinajstić information content (AvgIpc) is 2.70. The number of hydrogen-bond donors (Lipinski definition) is 2. The van der Waals surface area contributed by atoms with Crippen molar-refractivity contribution in [2.45, 2.75) is 26.2 Å². The Morgan fingerprint density at radius 1 is 0.933 bits per heavy atom. The first-order chi connectivity index (χ1) is 14.2. The maximum Gasteiger partial charge on any atom is 0.255 e. The monoisotopic (exact) mass is 410 g/mol. The molecule has 7 heteroatoms. The van der Waals surface area contributed by atoms with E-state index in [0.717, 1.165) is 10.9 Å². The lowest BCUT2D eigenvalue weighted by Crippen LogP contribution is -2.17. The predicted octanol–water partition coefficient (Wildman–Crippen LogP) is 4.10. The number of benzene rings is 2. The second-order valence-electron chi connectivity index (χ2n) is 7.93. The van der Waals surface area contributed by atoms with Gasteiger partial charge in [0.25, 0.3) is 5.91 Å². The molecule has 0 radical (unpaired) electrons. The van der Waals surface area contributed by atoms with Crippen molar-refractivity contribution >= 4 is 22.5 Å². The van der Waals surface area contributed by atoms with Crippen molar-refractivity contribution in [2.24, 2.45) is 0 Å². The van der Waals surface area contributed by atoms with Crippen LogP contribution in [-0.4, -0.2) is 32.2 Å². The number of methoxy groups -OCH3 is 3. The van der Waals surface area contributed by atoms with E-state index in [2.05, 4.69) is 31.1 Å². The molecule has 0 spiro atoms. The lowest BCUT2D eigenvalue weighted by Gasteiger charge is -2.21. The first-order valence-corrected chi connectivity index (χ1v) is 9.47. The Kier molecular flexibility index (Phi) is 5.73. The molecule has 1 heterocycles. The number of aromatic amines is 1. The molecule has 0 saturated heterocycles. The Labute approximate surface area is 175 Å². The second kappa shape index (κ2) is 8.10.